The lowest BCUT2D eigenvalue weighted by Gasteiger charge is -2.30. The second-order valence-corrected chi connectivity index (χ2v) is 6.23. The molecule has 2 atom stereocenters. The Balaban J connectivity index is 2.26. The third-order valence-electron chi connectivity index (χ3n) is 3.84. The molecule has 0 spiro atoms. The molecule has 0 saturated carbocycles. The number of ether oxygens (including phenoxy) is 1. The molecule has 3 nitrogen and oxygen atoms in total. The van der Waals surface area contributed by atoms with Crippen molar-refractivity contribution < 1.29 is 9.15 Å². The summed E-state index contributed by atoms with van der Waals surface area (Å²) in [6.07, 6.45) is 2.68. The molecule has 1 aromatic rings. The van der Waals surface area contributed by atoms with E-state index in [1.807, 2.05) is 13.0 Å². The van der Waals surface area contributed by atoms with Gasteiger partial charge in [-0.1, -0.05) is 0 Å². The number of furan rings is 1. The van der Waals surface area contributed by atoms with Gasteiger partial charge in [-0.3, -0.25) is 0 Å². The molecule has 0 aromatic carbocycles. The second-order valence-electron chi connectivity index (χ2n) is 6.23. The number of hydrogen-bond acceptors (Lipinski definition) is 3. The minimum absolute atomic E-state index is 0.0227. The maximum atomic E-state index is 6.40. The fraction of sp³-hybridized carbons (Fsp3) is 0.714. The van der Waals surface area contributed by atoms with E-state index >= 15 is 0 Å². The molecule has 0 aliphatic carbocycles. The van der Waals surface area contributed by atoms with Gasteiger partial charge in [0, 0.05) is 17.5 Å². The Labute approximate surface area is 103 Å². The Morgan fingerprint density at radius 1 is 1.35 bits per heavy atom. The summed E-state index contributed by atoms with van der Waals surface area (Å²) in [4.78, 5) is 0. The molecule has 1 aromatic heterocycles. The Morgan fingerprint density at radius 3 is 2.41 bits per heavy atom. The summed E-state index contributed by atoms with van der Waals surface area (Å²) in [7, 11) is 0. The van der Waals surface area contributed by atoms with Gasteiger partial charge in [0.05, 0.1) is 17.5 Å². The van der Waals surface area contributed by atoms with Crippen molar-refractivity contribution in [1.29, 1.82) is 0 Å². The summed E-state index contributed by atoms with van der Waals surface area (Å²) in [6.45, 7) is 10.5. The summed E-state index contributed by atoms with van der Waals surface area (Å²) in [6, 6.07) is 1.95. The van der Waals surface area contributed by atoms with Crippen molar-refractivity contribution in [3.63, 3.8) is 0 Å². The van der Waals surface area contributed by atoms with Crippen molar-refractivity contribution in [3.05, 3.63) is 23.7 Å². The first-order valence-electron chi connectivity index (χ1n) is 6.23. The van der Waals surface area contributed by atoms with Gasteiger partial charge in [-0.15, -0.1) is 0 Å². The Morgan fingerprint density at radius 2 is 2.00 bits per heavy atom. The maximum absolute atomic E-state index is 6.40. The predicted molar refractivity (Wildman–Crippen MR) is 67.7 cm³/mol. The van der Waals surface area contributed by atoms with E-state index in [9.17, 15) is 0 Å². The van der Waals surface area contributed by atoms with Crippen molar-refractivity contribution in [1.82, 2.24) is 0 Å². The molecule has 2 N–H and O–H groups in total. The first kappa shape index (κ1) is 12.7. The zero-order valence-corrected chi connectivity index (χ0v) is 11.4. The van der Waals surface area contributed by atoms with Gasteiger partial charge in [-0.25, -0.2) is 0 Å². The third-order valence-corrected chi connectivity index (χ3v) is 3.84. The summed E-state index contributed by atoms with van der Waals surface area (Å²) in [5.41, 5.74) is 7.22. The molecule has 96 valence electrons. The SMILES string of the molecule is Cc1occc1C(N)C1CC(C)(C)OC1(C)C. The van der Waals surface area contributed by atoms with Crippen LogP contribution in [0.4, 0.5) is 0 Å². The molecular weight excluding hydrogens is 214 g/mol. The number of aryl methyl sites for hydroxylation is 1. The Bertz CT molecular complexity index is 406. The van der Waals surface area contributed by atoms with Crippen molar-refractivity contribution in [2.45, 2.75) is 58.3 Å². The standard InChI is InChI=1S/C14H23NO2/c1-9-10(6-7-16-9)12(15)11-8-13(2,3)17-14(11,4)5/h6-7,11-12H,8,15H2,1-5H3. The van der Waals surface area contributed by atoms with Crippen LogP contribution < -0.4 is 5.73 Å². The third kappa shape index (κ3) is 2.26. The van der Waals surface area contributed by atoms with Gasteiger partial charge in [0.15, 0.2) is 0 Å². The van der Waals surface area contributed by atoms with Gasteiger partial charge in [-0.05, 0) is 47.1 Å². The average molecular weight is 237 g/mol. The van der Waals surface area contributed by atoms with Crippen molar-refractivity contribution in [3.8, 4) is 0 Å². The Kier molecular flexibility index (Phi) is 2.87. The van der Waals surface area contributed by atoms with Crippen LogP contribution in [0.1, 0.15) is 51.5 Å². The van der Waals surface area contributed by atoms with E-state index in [-0.39, 0.29) is 17.2 Å². The van der Waals surface area contributed by atoms with Crippen LogP contribution in [0.5, 0.6) is 0 Å². The van der Waals surface area contributed by atoms with E-state index in [1.54, 1.807) is 6.26 Å². The highest BCUT2D eigenvalue weighted by Crippen LogP contribution is 2.47. The van der Waals surface area contributed by atoms with Crippen LogP contribution in [0.3, 0.4) is 0 Å². The number of hydrogen-bond donors (Lipinski definition) is 1. The monoisotopic (exact) mass is 237 g/mol. The second kappa shape index (κ2) is 3.85. The summed E-state index contributed by atoms with van der Waals surface area (Å²) >= 11 is 0. The minimum Gasteiger partial charge on any atom is -0.469 e. The van der Waals surface area contributed by atoms with Crippen molar-refractivity contribution >= 4 is 0 Å². The first-order chi connectivity index (χ1) is 7.73. The highest BCUT2D eigenvalue weighted by atomic mass is 16.5. The van der Waals surface area contributed by atoms with Crippen LogP contribution in [-0.2, 0) is 4.74 Å². The molecule has 2 unspecified atom stereocenters. The largest absolute Gasteiger partial charge is 0.469 e. The highest BCUT2D eigenvalue weighted by molar-refractivity contribution is 5.22. The van der Waals surface area contributed by atoms with E-state index in [0.29, 0.717) is 5.92 Å². The fourth-order valence-electron chi connectivity index (χ4n) is 3.12. The molecule has 2 rings (SSSR count). The molecule has 0 amide bonds. The molecule has 0 radical (unpaired) electrons. The normalized spacial score (nSPS) is 28.2. The van der Waals surface area contributed by atoms with Gasteiger partial charge in [0.1, 0.15) is 5.76 Å². The van der Waals surface area contributed by atoms with Gasteiger partial charge in [-0.2, -0.15) is 0 Å². The molecule has 1 aliphatic heterocycles. The van der Waals surface area contributed by atoms with Crippen LogP contribution in [0, 0.1) is 12.8 Å². The van der Waals surface area contributed by atoms with E-state index in [1.165, 1.54) is 0 Å². The number of rotatable bonds is 2. The zero-order chi connectivity index (χ0) is 12.8. The Hall–Kier alpha value is -0.800. The molecule has 1 fully saturated rings. The molecule has 1 aliphatic rings. The molecule has 3 heteroatoms. The summed E-state index contributed by atoms with van der Waals surface area (Å²) in [5.74, 6) is 1.23. The van der Waals surface area contributed by atoms with Crippen molar-refractivity contribution in [2.24, 2.45) is 11.7 Å². The lowest BCUT2D eigenvalue weighted by molar-refractivity contribution is -0.0767. The van der Waals surface area contributed by atoms with E-state index in [4.69, 9.17) is 14.9 Å². The van der Waals surface area contributed by atoms with Crippen LogP contribution in [0.2, 0.25) is 0 Å². The summed E-state index contributed by atoms with van der Waals surface area (Å²) in [5, 5.41) is 0. The quantitative estimate of drug-likeness (QED) is 0.859. The molecular formula is C14H23NO2. The van der Waals surface area contributed by atoms with Crippen LogP contribution in [0.15, 0.2) is 16.7 Å². The summed E-state index contributed by atoms with van der Waals surface area (Å²) < 4.78 is 11.4. The zero-order valence-electron chi connectivity index (χ0n) is 11.4. The maximum Gasteiger partial charge on any atom is 0.105 e. The molecule has 17 heavy (non-hydrogen) atoms. The van der Waals surface area contributed by atoms with Gasteiger partial charge in [0.25, 0.3) is 0 Å². The molecule has 2 heterocycles. The predicted octanol–water partition coefficient (Wildman–Crippen LogP) is 3.18. The molecule has 0 bridgehead atoms. The van der Waals surface area contributed by atoms with Gasteiger partial charge >= 0.3 is 0 Å². The minimum atomic E-state index is -0.188. The van der Waals surface area contributed by atoms with E-state index < -0.39 is 0 Å². The number of nitrogens with two attached hydrogens (primary N) is 1. The van der Waals surface area contributed by atoms with Gasteiger partial charge < -0.3 is 14.9 Å². The van der Waals surface area contributed by atoms with Gasteiger partial charge in [0.2, 0.25) is 0 Å². The molecule has 1 saturated heterocycles. The fourth-order valence-corrected chi connectivity index (χ4v) is 3.12. The average Bonchev–Trinajstić information content (AvgIpc) is 2.66. The highest BCUT2D eigenvalue weighted by Gasteiger charge is 2.48. The van der Waals surface area contributed by atoms with E-state index in [0.717, 1.165) is 17.7 Å². The lowest BCUT2D eigenvalue weighted by Crippen LogP contribution is -2.35. The first-order valence-corrected chi connectivity index (χ1v) is 6.23. The smallest absolute Gasteiger partial charge is 0.105 e. The van der Waals surface area contributed by atoms with E-state index in [2.05, 4.69) is 27.7 Å². The van der Waals surface area contributed by atoms with Crippen LogP contribution in [-0.4, -0.2) is 11.2 Å². The topological polar surface area (TPSA) is 48.4 Å². The lowest BCUT2D eigenvalue weighted by atomic mass is 9.79. The van der Waals surface area contributed by atoms with Crippen LogP contribution >= 0.6 is 0 Å². The van der Waals surface area contributed by atoms with Crippen molar-refractivity contribution in [2.75, 3.05) is 0 Å². The van der Waals surface area contributed by atoms with Crippen LogP contribution in [0.25, 0.3) is 0 Å².